The van der Waals surface area contributed by atoms with Gasteiger partial charge in [-0.05, 0) is 0 Å². The molecule has 0 aliphatic rings. The SMILES string of the molecule is CCCCCCCCCCCCCCCCCCCCCCCCCCCCCCCCCCCCCCCCCCCCCCCCCCCCCCCCCCCCC. The van der Waals surface area contributed by atoms with Gasteiger partial charge in [0.25, 0.3) is 0 Å². The molecule has 0 amide bonds. The maximum Gasteiger partial charge on any atom is -0.0533 e. The Morgan fingerprint density at radius 1 is 0.0820 bits per heavy atom. The van der Waals surface area contributed by atoms with E-state index in [1.807, 2.05) is 0 Å². The fourth-order valence-corrected chi connectivity index (χ4v) is 10.2. The Morgan fingerprint density at radius 3 is 0.180 bits per heavy atom. The molecule has 0 unspecified atom stereocenters. The van der Waals surface area contributed by atoms with E-state index in [-0.39, 0.29) is 0 Å². The molecule has 368 valence electrons. The molecule has 0 aromatic heterocycles. The topological polar surface area (TPSA) is 0 Å². The van der Waals surface area contributed by atoms with E-state index >= 15 is 0 Å². The van der Waals surface area contributed by atoms with Gasteiger partial charge in [0.05, 0.1) is 0 Å². The Labute approximate surface area is 391 Å². The van der Waals surface area contributed by atoms with E-state index in [0.29, 0.717) is 0 Å². The van der Waals surface area contributed by atoms with E-state index < -0.39 is 0 Å². The summed E-state index contributed by atoms with van der Waals surface area (Å²) in [5.41, 5.74) is 0. The van der Waals surface area contributed by atoms with E-state index in [4.69, 9.17) is 0 Å². The van der Waals surface area contributed by atoms with Crippen LogP contribution < -0.4 is 0 Å². The molecule has 0 aromatic carbocycles. The largest absolute Gasteiger partial charge is 0.0654 e. The summed E-state index contributed by atoms with van der Waals surface area (Å²) in [4.78, 5) is 0. The first kappa shape index (κ1) is 61.0. The second-order valence-electron chi connectivity index (χ2n) is 21.2. The van der Waals surface area contributed by atoms with Crippen LogP contribution in [-0.2, 0) is 0 Å². The fraction of sp³-hybridized carbons (Fsp3) is 1.00. The first-order valence-electron chi connectivity index (χ1n) is 30.4. The lowest BCUT2D eigenvalue weighted by atomic mass is 10.0. The third kappa shape index (κ3) is 60.0. The van der Waals surface area contributed by atoms with Gasteiger partial charge in [0.1, 0.15) is 0 Å². The van der Waals surface area contributed by atoms with Crippen LogP contribution in [0, 0.1) is 0 Å². The number of hydrogen-bond donors (Lipinski definition) is 0. The molecule has 0 aromatic rings. The van der Waals surface area contributed by atoms with Crippen LogP contribution in [0.3, 0.4) is 0 Å². The van der Waals surface area contributed by atoms with Gasteiger partial charge in [-0.2, -0.15) is 0 Å². The lowest BCUT2D eigenvalue weighted by Gasteiger charge is -2.05. The fourth-order valence-electron chi connectivity index (χ4n) is 10.2. The Bertz CT molecular complexity index is 636. The summed E-state index contributed by atoms with van der Waals surface area (Å²) in [5, 5.41) is 0. The highest BCUT2D eigenvalue weighted by molar-refractivity contribution is 4.55. The lowest BCUT2D eigenvalue weighted by molar-refractivity contribution is 0.507. The number of hydrogen-bond acceptors (Lipinski definition) is 0. The van der Waals surface area contributed by atoms with Crippen molar-refractivity contribution in [1.82, 2.24) is 0 Å². The molecule has 0 aliphatic heterocycles. The minimum absolute atomic E-state index is 1.37. The van der Waals surface area contributed by atoms with Gasteiger partial charge in [0.2, 0.25) is 0 Å². The van der Waals surface area contributed by atoms with E-state index in [0.717, 1.165) is 0 Å². The molecule has 0 radical (unpaired) electrons. The molecule has 0 heterocycles. The summed E-state index contributed by atoms with van der Waals surface area (Å²) in [6, 6.07) is 0. The number of rotatable bonds is 58. The maximum atomic E-state index is 2.31. The number of unbranched alkanes of at least 4 members (excludes halogenated alkanes) is 58. The van der Waals surface area contributed by atoms with Gasteiger partial charge in [-0.3, -0.25) is 0 Å². The van der Waals surface area contributed by atoms with Crippen LogP contribution >= 0.6 is 0 Å². The van der Waals surface area contributed by atoms with Crippen LogP contribution in [-0.4, -0.2) is 0 Å². The van der Waals surface area contributed by atoms with Gasteiger partial charge in [-0.15, -0.1) is 0 Å². The van der Waals surface area contributed by atoms with Crippen molar-refractivity contribution >= 4 is 0 Å². The highest BCUT2D eigenvalue weighted by Crippen LogP contribution is 2.19. The van der Waals surface area contributed by atoms with Crippen molar-refractivity contribution in [3.63, 3.8) is 0 Å². The second kappa shape index (κ2) is 60.0. The molecule has 0 bridgehead atoms. The van der Waals surface area contributed by atoms with Crippen molar-refractivity contribution in [3.8, 4) is 0 Å². The highest BCUT2D eigenvalue weighted by atomic mass is 14.1. The third-order valence-electron chi connectivity index (χ3n) is 14.7. The van der Waals surface area contributed by atoms with Crippen LogP contribution in [0.4, 0.5) is 0 Å². The molecule has 0 saturated heterocycles. The zero-order valence-corrected chi connectivity index (χ0v) is 43.7. The lowest BCUT2D eigenvalue weighted by Crippen LogP contribution is -1.85. The van der Waals surface area contributed by atoms with Gasteiger partial charge in [-0.1, -0.05) is 393 Å². The van der Waals surface area contributed by atoms with E-state index in [2.05, 4.69) is 13.8 Å². The van der Waals surface area contributed by atoms with E-state index in [9.17, 15) is 0 Å². The Morgan fingerprint density at radius 2 is 0.131 bits per heavy atom. The molecule has 61 heavy (non-hydrogen) atoms. The normalized spacial score (nSPS) is 11.7. The molecule has 0 saturated carbocycles. The van der Waals surface area contributed by atoms with Crippen LogP contribution in [0.5, 0.6) is 0 Å². The summed E-state index contributed by atoms with van der Waals surface area (Å²) in [5.74, 6) is 0. The van der Waals surface area contributed by atoms with Crippen molar-refractivity contribution in [2.45, 2.75) is 393 Å². The first-order valence-corrected chi connectivity index (χ1v) is 30.4. The average Bonchev–Trinajstić information content (AvgIpc) is 3.27. The van der Waals surface area contributed by atoms with Gasteiger partial charge in [0.15, 0.2) is 0 Å². The molecule has 0 atom stereocenters. The highest BCUT2D eigenvalue weighted by Gasteiger charge is 2.00. The first-order chi connectivity index (χ1) is 30.4. The average molecular weight is 858 g/mol. The summed E-state index contributed by atoms with van der Waals surface area (Å²) in [6.07, 6.45) is 87.9. The zero-order chi connectivity index (χ0) is 43.7. The smallest absolute Gasteiger partial charge is 0.0533 e. The minimum Gasteiger partial charge on any atom is -0.0654 e. The van der Waals surface area contributed by atoms with Gasteiger partial charge < -0.3 is 0 Å². The van der Waals surface area contributed by atoms with Crippen LogP contribution in [0.15, 0.2) is 0 Å². The summed E-state index contributed by atoms with van der Waals surface area (Å²) >= 11 is 0. The van der Waals surface area contributed by atoms with Gasteiger partial charge >= 0.3 is 0 Å². The van der Waals surface area contributed by atoms with Gasteiger partial charge in [0, 0.05) is 0 Å². The molecule has 0 heteroatoms. The summed E-state index contributed by atoms with van der Waals surface area (Å²) in [6.45, 7) is 4.63. The Kier molecular flexibility index (Phi) is 60.0. The minimum atomic E-state index is 1.37. The van der Waals surface area contributed by atoms with Crippen molar-refractivity contribution < 1.29 is 0 Å². The predicted molar refractivity (Wildman–Crippen MR) is 284 cm³/mol. The van der Waals surface area contributed by atoms with Crippen molar-refractivity contribution in [2.75, 3.05) is 0 Å². The molecule has 0 rings (SSSR count). The zero-order valence-electron chi connectivity index (χ0n) is 43.7. The molecule has 0 fully saturated rings. The molecule has 0 N–H and O–H groups in total. The Hall–Kier alpha value is 0. The van der Waals surface area contributed by atoms with Crippen LogP contribution in [0.25, 0.3) is 0 Å². The quantitative estimate of drug-likeness (QED) is 0.0535. The third-order valence-corrected chi connectivity index (χ3v) is 14.7. The van der Waals surface area contributed by atoms with E-state index in [1.165, 1.54) is 379 Å². The molecule has 0 nitrogen and oxygen atoms in total. The molecule has 0 aliphatic carbocycles. The standard InChI is InChI=1S/C61H124/c1-3-5-7-9-11-13-15-17-19-21-23-25-27-29-31-33-35-37-39-41-43-45-47-49-51-53-55-57-59-61-60-58-56-54-52-50-48-46-44-42-40-38-36-34-32-30-28-26-24-22-20-18-16-14-12-10-8-6-4-2/h3-61H2,1-2H3. The van der Waals surface area contributed by atoms with Crippen molar-refractivity contribution in [2.24, 2.45) is 0 Å². The molecular formula is C61H124. The molecular weight excluding hydrogens is 733 g/mol. The van der Waals surface area contributed by atoms with Crippen LogP contribution in [0.1, 0.15) is 393 Å². The van der Waals surface area contributed by atoms with E-state index in [1.54, 1.807) is 0 Å². The second-order valence-corrected chi connectivity index (χ2v) is 21.2. The molecule has 0 spiro atoms. The Balaban J connectivity index is 3.06. The summed E-state index contributed by atoms with van der Waals surface area (Å²) < 4.78 is 0. The predicted octanol–water partition coefficient (Wildman–Crippen LogP) is 24.0. The van der Waals surface area contributed by atoms with Crippen LogP contribution in [0.2, 0.25) is 0 Å². The monoisotopic (exact) mass is 857 g/mol. The van der Waals surface area contributed by atoms with Crippen molar-refractivity contribution in [1.29, 1.82) is 0 Å². The summed E-state index contributed by atoms with van der Waals surface area (Å²) in [7, 11) is 0. The maximum absolute atomic E-state index is 2.31. The van der Waals surface area contributed by atoms with Crippen molar-refractivity contribution in [3.05, 3.63) is 0 Å². The van der Waals surface area contributed by atoms with Gasteiger partial charge in [-0.25, -0.2) is 0 Å².